The molecule has 1 aromatic heterocycles. The van der Waals surface area contributed by atoms with Crippen molar-refractivity contribution in [3.05, 3.63) is 18.3 Å². The molecule has 1 fully saturated rings. The topological polar surface area (TPSA) is 60.5 Å². The fourth-order valence-electron chi connectivity index (χ4n) is 2.66. The van der Waals surface area contributed by atoms with Gasteiger partial charge < -0.3 is 14.8 Å². The van der Waals surface area contributed by atoms with Gasteiger partial charge in [-0.1, -0.05) is 19.3 Å². The zero-order valence-electron chi connectivity index (χ0n) is 12.1. The van der Waals surface area contributed by atoms with Gasteiger partial charge >= 0.3 is 0 Å². The largest absolute Gasteiger partial charge is 0.481 e. The Bertz CT molecular complexity index is 433. The lowest BCUT2D eigenvalue weighted by molar-refractivity contribution is -0.145. The van der Waals surface area contributed by atoms with Gasteiger partial charge in [-0.2, -0.15) is 0 Å². The Kier molecular flexibility index (Phi) is 4.95. The Hall–Kier alpha value is -1.62. The van der Waals surface area contributed by atoms with E-state index in [1.165, 1.54) is 6.42 Å². The van der Waals surface area contributed by atoms with Crippen LogP contribution in [0.1, 0.15) is 39.0 Å². The van der Waals surface area contributed by atoms with Crippen molar-refractivity contribution in [2.24, 2.45) is 0 Å². The van der Waals surface area contributed by atoms with E-state index >= 15 is 0 Å². The molecule has 0 spiro atoms. The summed E-state index contributed by atoms with van der Waals surface area (Å²) in [5, 5.41) is 2.91. The number of hydrogen-bond donors (Lipinski definition) is 1. The number of ether oxygens (including phenoxy) is 2. The standard InChI is InChI=1S/C15H22N2O3/c1-3-20-15(9-5-4-6-10-15)14(18)17-12-7-8-13(19-2)16-11-12/h7-8,11H,3-6,9-10H2,1-2H3,(H,17,18). The van der Waals surface area contributed by atoms with Gasteiger partial charge in [0.05, 0.1) is 19.0 Å². The van der Waals surface area contributed by atoms with E-state index in [2.05, 4.69) is 10.3 Å². The molecular weight excluding hydrogens is 256 g/mol. The van der Waals surface area contributed by atoms with Crippen LogP contribution in [0.4, 0.5) is 5.69 Å². The number of anilines is 1. The van der Waals surface area contributed by atoms with E-state index in [9.17, 15) is 4.79 Å². The van der Waals surface area contributed by atoms with Crippen LogP contribution < -0.4 is 10.1 Å². The second kappa shape index (κ2) is 6.70. The highest BCUT2D eigenvalue weighted by Gasteiger charge is 2.40. The molecule has 0 atom stereocenters. The summed E-state index contributed by atoms with van der Waals surface area (Å²) in [5.41, 5.74) is -0.00660. The van der Waals surface area contributed by atoms with Crippen molar-refractivity contribution < 1.29 is 14.3 Å². The van der Waals surface area contributed by atoms with Crippen LogP contribution in [-0.2, 0) is 9.53 Å². The van der Waals surface area contributed by atoms with Gasteiger partial charge in [-0.05, 0) is 25.8 Å². The predicted molar refractivity (Wildman–Crippen MR) is 76.9 cm³/mol. The summed E-state index contributed by atoms with van der Waals surface area (Å²) in [7, 11) is 1.56. The van der Waals surface area contributed by atoms with Crippen LogP contribution in [0.25, 0.3) is 0 Å². The number of hydrogen-bond acceptors (Lipinski definition) is 4. The summed E-state index contributed by atoms with van der Waals surface area (Å²) in [4.78, 5) is 16.6. The van der Waals surface area contributed by atoms with Crippen LogP contribution in [0.5, 0.6) is 5.88 Å². The van der Waals surface area contributed by atoms with E-state index in [4.69, 9.17) is 9.47 Å². The monoisotopic (exact) mass is 278 g/mol. The number of nitrogens with zero attached hydrogens (tertiary/aromatic N) is 1. The van der Waals surface area contributed by atoms with Crippen LogP contribution in [0, 0.1) is 0 Å². The van der Waals surface area contributed by atoms with E-state index < -0.39 is 5.60 Å². The third-order valence-corrected chi connectivity index (χ3v) is 3.70. The Morgan fingerprint density at radius 1 is 1.35 bits per heavy atom. The fraction of sp³-hybridized carbons (Fsp3) is 0.600. The molecule has 5 nitrogen and oxygen atoms in total. The van der Waals surface area contributed by atoms with E-state index in [0.29, 0.717) is 18.2 Å². The fourth-order valence-corrected chi connectivity index (χ4v) is 2.66. The van der Waals surface area contributed by atoms with Crippen molar-refractivity contribution in [1.29, 1.82) is 0 Å². The molecule has 0 unspecified atom stereocenters. The van der Waals surface area contributed by atoms with Gasteiger partial charge in [-0.15, -0.1) is 0 Å². The Labute approximate surface area is 119 Å². The van der Waals surface area contributed by atoms with Crippen molar-refractivity contribution in [2.75, 3.05) is 19.0 Å². The lowest BCUT2D eigenvalue weighted by Gasteiger charge is -2.35. The lowest BCUT2D eigenvalue weighted by atomic mass is 9.83. The Morgan fingerprint density at radius 2 is 2.10 bits per heavy atom. The average molecular weight is 278 g/mol. The normalized spacial score (nSPS) is 17.5. The van der Waals surface area contributed by atoms with Crippen molar-refractivity contribution in [2.45, 2.75) is 44.6 Å². The summed E-state index contributed by atoms with van der Waals surface area (Å²) >= 11 is 0. The maximum absolute atomic E-state index is 12.5. The summed E-state index contributed by atoms with van der Waals surface area (Å²) in [6.45, 7) is 2.48. The minimum atomic E-state index is -0.674. The zero-order chi connectivity index (χ0) is 14.4. The molecule has 2 rings (SSSR count). The molecule has 0 saturated heterocycles. The molecule has 1 heterocycles. The third-order valence-electron chi connectivity index (χ3n) is 3.70. The number of pyridine rings is 1. The number of aromatic nitrogens is 1. The zero-order valence-corrected chi connectivity index (χ0v) is 12.1. The van der Waals surface area contributed by atoms with Crippen molar-refractivity contribution in [1.82, 2.24) is 4.98 Å². The number of carbonyl (C=O) groups is 1. The van der Waals surface area contributed by atoms with Crippen molar-refractivity contribution >= 4 is 11.6 Å². The van der Waals surface area contributed by atoms with E-state index in [1.54, 1.807) is 25.4 Å². The molecule has 5 heteroatoms. The molecule has 1 aromatic rings. The van der Waals surface area contributed by atoms with Gasteiger partial charge in [-0.3, -0.25) is 4.79 Å². The molecule has 1 aliphatic rings. The first-order valence-electron chi connectivity index (χ1n) is 7.15. The predicted octanol–water partition coefficient (Wildman–Crippen LogP) is 2.77. The number of carbonyl (C=O) groups excluding carboxylic acids is 1. The van der Waals surface area contributed by atoms with E-state index in [0.717, 1.165) is 25.7 Å². The molecule has 110 valence electrons. The summed E-state index contributed by atoms with van der Waals surface area (Å²) in [6.07, 6.45) is 6.42. The molecule has 1 aliphatic carbocycles. The van der Waals surface area contributed by atoms with Gasteiger partial charge in [0, 0.05) is 12.7 Å². The van der Waals surface area contributed by atoms with Gasteiger partial charge in [0.2, 0.25) is 5.88 Å². The molecule has 1 saturated carbocycles. The number of rotatable bonds is 5. The second-order valence-electron chi connectivity index (χ2n) is 5.03. The molecule has 0 aromatic carbocycles. The smallest absolute Gasteiger partial charge is 0.256 e. The third kappa shape index (κ3) is 3.28. The summed E-state index contributed by atoms with van der Waals surface area (Å²) in [5.74, 6) is 0.464. The van der Waals surface area contributed by atoms with Crippen LogP contribution in [0.2, 0.25) is 0 Å². The lowest BCUT2D eigenvalue weighted by Crippen LogP contribution is -2.47. The summed E-state index contributed by atoms with van der Waals surface area (Å²) < 4.78 is 10.8. The highest BCUT2D eigenvalue weighted by Crippen LogP contribution is 2.32. The van der Waals surface area contributed by atoms with Crippen LogP contribution >= 0.6 is 0 Å². The molecule has 0 aliphatic heterocycles. The van der Waals surface area contributed by atoms with Crippen LogP contribution in [0.3, 0.4) is 0 Å². The number of nitrogens with one attached hydrogen (secondary N) is 1. The average Bonchev–Trinajstić information content (AvgIpc) is 2.49. The minimum absolute atomic E-state index is 0.0639. The number of methoxy groups -OCH3 is 1. The Morgan fingerprint density at radius 3 is 2.65 bits per heavy atom. The highest BCUT2D eigenvalue weighted by atomic mass is 16.5. The number of amides is 1. The molecule has 0 bridgehead atoms. The van der Waals surface area contributed by atoms with Gasteiger partial charge in [0.1, 0.15) is 5.60 Å². The van der Waals surface area contributed by atoms with Gasteiger partial charge in [0.25, 0.3) is 5.91 Å². The van der Waals surface area contributed by atoms with Crippen LogP contribution in [0.15, 0.2) is 18.3 Å². The van der Waals surface area contributed by atoms with Gasteiger partial charge in [0.15, 0.2) is 0 Å². The van der Waals surface area contributed by atoms with Crippen molar-refractivity contribution in [3.63, 3.8) is 0 Å². The van der Waals surface area contributed by atoms with Crippen molar-refractivity contribution in [3.8, 4) is 5.88 Å². The highest BCUT2D eigenvalue weighted by molar-refractivity contribution is 5.97. The van der Waals surface area contributed by atoms with Gasteiger partial charge in [-0.25, -0.2) is 4.98 Å². The first-order chi connectivity index (χ1) is 9.70. The molecule has 20 heavy (non-hydrogen) atoms. The Balaban J connectivity index is 2.07. The molecule has 1 N–H and O–H groups in total. The maximum Gasteiger partial charge on any atom is 0.256 e. The SMILES string of the molecule is CCOC1(C(=O)Nc2ccc(OC)nc2)CCCCC1. The quantitative estimate of drug-likeness (QED) is 0.899. The second-order valence-corrected chi connectivity index (χ2v) is 5.03. The molecule has 1 amide bonds. The summed E-state index contributed by atoms with van der Waals surface area (Å²) in [6, 6.07) is 3.51. The molecule has 0 radical (unpaired) electrons. The first kappa shape index (κ1) is 14.8. The molecular formula is C15H22N2O3. The van der Waals surface area contributed by atoms with E-state index in [1.807, 2.05) is 6.92 Å². The van der Waals surface area contributed by atoms with Crippen LogP contribution in [-0.4, -0.2) is 30.2 Å². The van der Waals surface area contributed by atoms with E-state index in [-0.39, 0.29) is 5.91 Å². The maximum atomic E-state index is 12.5. The minimum Gasteiger partial charge on any atom is -0.481 e. The first-order valence-corrected chi connectivity index (χ1v) is 7.15.